The summed E-state index contributed by atoms with van der Waals surface area (Å²) in [5, 5.41) is 0.949. The Morgan fingerprint density at radius 1 is 1.07 bits per heavy atom. The van der Waals surface area contributed by atoms with Gasteiger partial charge in [0, 0.05) is 0 Å². The lowest BCUT2D eigenvalue weighted by molar-refractivity contribution is -0.151. The Kier molecular flexibility index (Phi) is 4.75. The van der Waals surface area contributed by atoms with Crippen molar-refractivity contribution < 1.29 is 19.1 Å². The van der Waals surface area contributed by atoms with Crippen LogP contribution in [0, 0.1) is 37.5 Å². The van der Waals surface area contributed by atoms with E-state index in [9.17, 15) is 14.4 Å². The molecule has 6 nitrogen and oxygen atoms in total. The van der Waals surface area contributed by atoms with Crippen LogP contribution in [0.2, 0.25) is 0 Å². The van der Waals surface area contributed by atoms with Gasteiger partial charge in [0.2, 0.25) is 0 Å². The number of allylic oxidation sites excluding steroid dienone is 2. The highest BCUT2D eigenvalue weighted by atomic mass is 16.5. The average molecular weight is 396 g/mol. The van der Waals surface area contributed by atoms with E-state index in [1.165, 1.54) is 11.1 Å². The first-order valence-electron chi connectivity index (χ1n) is 10.3. The molecule has 3 amide bonds. The van der Waals surface area contributed by atoms with Crippen LogP contribution in [0.5, 0.6) is 5.75 Å². The minimum absolute atomic E-state index is 0.137. The maximum absolute atomic E-state index is 13.0. The summed E-state index contributed by atoms with van der Waals surface area (Å²) >= 11 is 0. The first-order valence-corrected chi connectivity index (χ1v) is 10.3. The number of hydrogen-bond donors (Lipinski definition) is 1. The molecule has 3 fully saturated rings. The predicted molar refractivity (Wildman–Crippen MR) is 108 cm³/mol. The number of benzene rings is 1. The summed E-state index contributed by atoms with van der Waals surface area (Å²) in [6.45, 7) is 9.71. The number of nitrogens with zero attached hydrogens (tertiary/aromatic N) is 1. The first-order chi connectivity index (χ1) is 13.7. The Balaban J connectivity index is 1.46. The van der Waals surface area contributed by atoms with Crippen LogP contribution >= 0.6 is 0 Å². The molecular weight excluding hydrogens is 368 g/mol. The molecule has 1 saturated heterocycles. The fourth-order valence-corrected chi connectivity index (χ4v) is 5.35. The van der Waals surface area contributed by atoms with Gasteiger partial charge in [0.1, 0.15) is 5.75 Å². The normalized spacial score (nSPS) is 28.6. The highest BCUT2D eigenvalue weighted by Crippen LogP contribution is 2.59. The van der Waals surface area contributed by atoms with E-state index in [4.69, 9.17) is 4.74 Å². The fraction of sp³-hybridized carbons (Fsp3) is 0.522. The van der Waals surface area contributed by atoms with E-state index in [1.54, 1.807) is 13.0 Å². The second-order valence-corrected chi connectivity index (χ2v) is 8.79. The van der Waals surface area contributed by atoms with E-state index in [1.807, 2.05) is 26.0 Å². The standard InChI is InChI=1S/C23H28N2O4/c1-11(2)18-16-8-9-17(18)20-19(16)22(27)25(23(20)28)24-21(26)14(5)29-15-7-6-12(3)13(4)10-15/h6-7,10,14,16-17,19-20H,8-9H2,1-5H3,(H,24,26)/t14-,16+,17+,19-,20-/m0/s1. The van der Waals surface area contributed by atoms with Gasteiger partial charge < -0.3 is 4.74 Å². The number of rotatable bonds is 4. The molecule has 6 heteroatoms. The van der Waals surface area contributed by atoms with Crippen LogP contribution < -0.4 is 10.2 Å². The number of amides is 3. The quantitative estimate of drug-likeness (QED) is 0.627. The summed E-state index contributed by atoms with van der Waals surface area (Å²) in [6, 6.07) is 5.61. The molecule has 0 aromatic heterocycles. The van der Waals surface area contributed by atoms with Crippen molar-refractivity contribution in [2.45, 2.75) is 53.6 Å². The lowest BCUT2D eigenvalue weighted by Gasteiger charge is -2.22. The van der Waals surface area contributed by atoms with E-state index < -0.39 is 12.0 Å². The van der Waals surface area contributed by atoms with Crippen LogP contribution in [-0.4, -0.2) is 28.8 Å². The number of aryl methyl sites for hydroxylation is 2. The minimum Gasteiger partial charge on any atom is -0.481 e. The van der Waals surface area contributed by atoms with Crippen molar-refractivity contribution in [2.24, 2.45) is 23.7 Å². The lowest BCUT2D eigenvalue weighted by Crippen LogP contribution is -2.51. The van der Waals surface area contributed by atoms with Gasteiger partial charge in [-0.3, -0.25) is 19.8 Å². The molecule has 1 N–H and O–H groups in total. The van der Waals surface area contributed by atoms with Gasteiger partial charge in [-0.1, -0.05) is 17.2 Å². The Labute approximate surface area is 171 Å². The number of hydrogen-bond acceptors (Lipinski definition) is 4. The van der Waals surface area contributed by atoms with Gasteiger partial charge in [-0.25, -0.2) is 0 Å². The number of ether oxygens (including phenoxy) is 1. The molecule has 154 valence electrons. The van der Waals surface area contributed by atoms with Crippen LogP contribution in [-0.2, 0) is 14.4 Å². The Morgan fingerprint density at radius 2 is 1.66 bits per heavy atom. The van der Waals surface area contributed by atoms with Crippen LogP contribution in [0.15, 0.2) is 29.3 Å². The van der Waals surface area contributed by atoms with Gasteiger partial charge in [-0.2, -0.15) is 5.01 Å². The number of fused-ring (bicyclic) bond motifs is 5. The zero-order chi connectivity index (χ0) is 21.0. The molecule has 1 heterocycles. The van der Waals surface area contributed by atoms with E-state index in [0.717, 1.165) is 29.0 Å². The SMILES string of the molecule is CC(C)=C1[C@H]2CC[C@H]1[C@@H]1C(=O)N(NC(=O)[C@H](C)Oc3ccc(C)c(C)c3)C(=O)[C@H]12. The van der Waals surface area contributed by atoms with Crippen LogP contribution in [0.25, 0.3) is 0 Å². The van der Waals surface area contributed by atoms with Gasteiger partial charge in [-0.15, -0.1) is 0 Å². The third kappa shape index (κ3) is 3.05. The second-order valence-electron chi connectivity index (χ2n) is 8.79. The molecule has 5 atom stereocenters. The third-order valence-corrected chi connectivity index (χ3v) is 6.81. The molecule has 2 saturated carbocycles. The van der Waals surface area contributed by atoms with Crippen molar-refractivity contribution in [1.82, 2.24) is 10.4 Å². The zero-order valence-electron chi connectivity index (χ0n) is 17.6. The molecule has 3 aliphatic rings. The lowest BCUT2D eigenvalue weighted by atomic mass is 9.81. The van der Waals surface area contributed by atoms with Crippen molar-refractivity contribution in [3.63, 3.8) is 0 Å². The minimum atomic E-state index is -0.830. The number of hydrazine groups is 1. The zero-order valence-corrected chi connectivity index (χ0v) is 17.6. The summed E-state index contributed by atoms with van der Waals surface area (Å²) in [5.74, 6) is -0.868. The highest BCUT2D eigenvalue weighted by Gasteiger charge is 2.63. The Morgan fingerprint density at radius 3 is 2.17 bits per heavy atom. The van der Waals surface area contributed by atoms with Crippen molar-refractivity contribution in [2.75, 3.05) is 0 Å². The summed E-state index contributed by atoms with van der Waals surface area (Å²) in [6.07, 6.45) is 1.06. The number of carbonyl (C=O) groups is 3. The smallest absolute Gasteiger partial charge is 0.279 e. The second kappa shape index (κ2) is 7.01. The van der Waals surface area contributed by atoms with E-state index in [2.05, 4.69) is 19.3 Å². The average Bonchev–Trinajstić information content (AvgIpc) is 3.30. The van der Waals surface area contributed by atoms with Crippen molar-refractivity contribution in [1.29, 1.82) is 0 Å². The molecule has 2 bridgehead atoms. The van der Waals surface area contributed by atoms with E-state index >= 15 is 0 Å². The van der Waals surface area contributed by atoms with Gasteiger partial charge in [0.25, 0.3) is 17.7 Å². The molecule has 2 aliphatic carbocycles. The van der Waals surface area contributed by atoms with Gasteiger partial charge in [-0.05, 0) is 82.6 Å². The van der Waals surface area contributed by atoms with Gasteiger partial charge in [0.15, 0.2) is 6.10 Å². The highest BCUT2D eigenvalue weighted by molar-refractivity contribution is 6.07. The molecule has 0 spiro atoms. The molecule has 29 heavy (non-hydrogen) atoms. The fourth-order valence-electron chi connectivity index (χ4n) is 5.35. The summed E-state index contributed by atoms with van der Waals surface area (Å²) in [7, 11) is 0. The van der Waals surface area contributed by atoms with Gasteiger partial charge in [0.05, 0.1) is 11.8 Å². The molecule has 1 aliphatic heterocycles. The molecule has 0 radical (unpaired) electrons. The summed E-state index contributed by atoms with van der Waals surface area (Å²) in [5.41, 5.74) is 7.24. The largest absolute Gasteiger partial charge is 0.481 e. The summed E-state index contributed by atoms with van der Waals surface area (Å²) < 4.78 is 5.72. The molecule has 1 aromatic rings. The van der Waals surface area contributed by atoms with E-state index in [0.29, 0.717) is 5.75 Å². The maximum atomic E-state index is 13.0. The number of carbonyl (C=O) groups excluding carboxylic acids is 3. The number of imide groups is 1. The summed E-state index contributed by atoms with van der Waals surface area (Å²) in [4.78, 5) is 38.6. The molecule has 1 aromatic carbocycles. The van der Waals surface area contributed by atoms with Gasteiger partial charge >= 0.3 is 0 Å². The van der Waals surface area contributed by atoms with Crippen molar-refractivity contribution in [3.05, 3.63) is 40.5 Å². The van der Waals surface area contributed by atoms with Crippen molar-refractivity contribution >= 4 is 17.7 Å². The molecule has 4 rings (SSSR count). The van der Waals surface area contributed by atoms with Crippen LogP contribution in [0.4, 0.5) is 0 Å². The predicted octanol–water partition coefficient (Wildman–Crippen LogP) is 3.08. The molecular formula is C23H28N2O4. The van der Waals surface area contributed by atoms with Crippen molar-refractivity contribution in [3.8, 4) is 5.75 Å². The first kappa shape index (κ1) is 19.7. The van der Waals surface area contributed by atoms with Crippen LogP contribution in [0.1, 0.15) is 44.7 Å². The van der Waals surface area contributed by atoms with Crippen LogP contribution in [0.3, 0.4) is 0 Å². The Hall–Kier alpha value is -2.63. The third-order valence-electron chi connectivity index (χ3n) is 6.81. The molecule has 0 unspecified atom stereocenters. The maximum Gasteiger partial charge on any atom is 0.279 e. The van der Waals surface area contributed by atoms with E-state index in [-0.39, 0.29) is 35.5 Å². The topological polar surface area (TPSA) is 75.7 Å². The number of nitrogens with one attached hydrogen (secondary N) is 1. The monoisotopic (exact) mass is 396 g/mol. The Bertz CT molecular complexity index is 899.